The third kappa shape index (κ3) is 4.72. The van der Waals surface area contributed by atoms with Crippen LogP contribution in [0.25, 0.3) is 0 Å². The topological polar surface area (TPSA) is 68.2 Å². The normalized spacial score (nSPS) is 13.9. The lowest BCUT2D eigenvalue weighted by atomic mass is 10.1. The van der Waals surface area contributed by atoms with Crippen LogP contribution in [0.1, 0.15) is 18.4 Å². The van der Waals surface area contributed by atoms with E-state index < -0.39 is 0 Å². The number of nitriles is 1. The van der Waals surface area contributed by atoms with Gasteiger partial charge in [0.25, 0.3) is 0 Å². The van der Waals surface area contributed by atoms with E-state index in [2.05, 4.69) is 16.7 Å². The molecule has 1 aromatic carbocycles. The van der Waals surface area contributed by atoms with Crippen molar-refractivity contribution in [2.75, 3.05) is 25.0 Å². The average molecular weight is 302 g/mol. The van der Waals surface area contributed by atoms with Gasteiger partial charge in [0.1, 0.15) is 0 Å². The summed E-state index contributed by atoms with van der Waals surface area (Å²) >= 11 is 5.21. The second kappa shape index (κ2) is 7.60. The summed E-state index contributed by atoms with van der Waals surface area (Å²) in [5.41, 5.74) is 1.86. The highest BCUT2D eigenvalue weighted by atomic mass is 32.1. The monoisotopic (exact) mass is 302 g/mol. The van der Waals surface area contributed by atoms with Gasteiger partial charge in [0.15, 0.2) is 5.11 Å². The minimum absolute atomic E-state index is 0.226. The molecule has 2 N–H and O–H groups in total. The largest absolute Gasteiger partial charge is 0.361 e. The smallest absolute Gasteiger partial charge is 0.222 e. The Morgan fingerprint density at radius 2 is 2.14 bits per heavy atom. The number of carbonyl (C=O) groups is 1. The van der Waals surface area contributed by atoms with E-state index in [0.717, 1.165) is 24.2 Å². The Hall–Kier alpha value is -2.13. The number of hydrogen-bond acceptors (Lipinski definition) is 3. The second-order valence-electron chi connectivity index (χ2n) is 4.90. The lowest BCUT2D eigenvalue weighted by molar-refractivity contribution is -0.127. The highest BCUT2D eigenvalue weighted by molar-refractivity contribution is 7.80. The number of nitrogens with one attached hydrogen (secondary N) is 2. The van der Waals surface area contributed by atoms with Crippen LogP contribution < -0.4 is 10.6 Å². The van der Waals surface area contributed by atoms with Gasteiger partial charge in [-0.1, -0.05) is 12.1 Å². The number of rotatable bonds is 5. The molecule has 5 nitrogen and oxygen atoms in total. The van der Waals surface area contributed by atoms with Gasteiger partial charge in [0.2, 0.25) is 5.91 Å². The molecule has 6 heteroatoms. The SMILES string of the molecule is N#CCc1ccc(NC(=S)NCCN2CCCC2=O)cc1. The van der Waals surface area contributed by atoms with Gasteiger partial charge in [0, 0.05) is 31.7 Å². The summed E-state index contributed by atoms with van der Waals surface area (Å²) in [7, 11) is 0. The first-order valence-corrected chi connectivity index (χ1v) is 7.38. The van der Waals surface area contributed by atoms with Crippen LogP contribution in [0.4, 0.5) is 5.69 Å². The van der Waals surface area contributed by atoms with Crippen LogP contribution >= 0.6 is 12.2 Å². The van der Waals surface area contributed by atoms with Crippen LogP contribution in [0.5, 0.6) is 0 Å². The minimum atomic E-state index is 0.226. The van der Waals surface area contributed by atoms with Gasteiger partial charge < -0.3 is 15.5 Å². The van der Waals surface area contributed by atoms with Crippen LogP contribution in [-0.4, -0.2) is 35.6 Å². The first kappa shape index (κ1) is 15.3. The highest BCUT2D eigenvalue weighted by Gasteiger charge is 2.19. The zero-order valence-corrected chi connectivity index (χ0v) is 12.6. The maximum Gasteiger partial charge on any atom is 0.222 e. The Labute approximate surface area is 129 Å². The molecule has 0 radical (unpaired) electrons. The molecule has 0 atom stereocenters. The molecule has 2 rings (SSSR count). The number of thiocarbonyl (C=S) groups is 1. The zero-order chi connectivity index (χ0) is 15.1. The molecule has 110 valence electrons. The summed E-state index contributed by atoms with van der Waals surface area (Å²) in [5, 5.41) is 15.3. The van der Waals surface area contributed by atoms with Crippen LogP contribution in [0.2, 0.25) is 0 Å². The summed E-state index contributed by atoms with van der Waals surface area (Å²) in [5.74, 6) is 0.226. The van der Waals surface area contributed by atoms with Gasteiger partial charge >= 0.3 is 0 Å². The Balaban J connectivity index is 1.71. The second-order valence-corrected chi connectivity index (χ2v) is 5.31. The van der Waals surface area contributed by atoms with Gasteiger partial charge in [0.05, 0.1) is 12.5 Å². The molecule has 0 aliphatic carbocycles. The fraction of sp³-hybridized carbons (Fsp3) is 0.400. The molecule has 0 aromatic heterocycles. The van der Waals surface area contributed by atoms with E-state index in [-0.39, 0.29) is 5.91 Å². The summed E-state index contributed by atoms with van der Waals surface area (Å²) in [6.07, 6.45) is 2.03. The molecule has 1 heterocycles. The van der Waals surface area contributed by atoms with Gasteiger partial charge in [-0.15, -0.1) is 0 Å². The van der Waals surface area contributed by atoms with Crippen molar-refractivity contribution >= 4 is 28.9 Å². The van der Waals surface area contributed by atoms with Crippen LogP contribution in [0.15, 0.2) is 24.3 Å². The van der Waals surface area contributed by atoms with Gasteiger partial charge in [-0.05, 0) is 36.3 Å². The Bertz CT molecular complexity index is 550. The van der Waals surface area contributed by atoms with Crippen LogP contribution in [0.3, 0.4) is 0 Å². The summed E-state index contributed by atoms with van der Waals surface area (Å²) in [6, 6.07) is 9.70. The first-order valence-electron chi connectivity index (χ1n) is 6.97. The van der Waals surface area contributed by atoms with E-state index in [0.29, 0.717) is 31.0 Å². The third-order valence-electron chi connectivity index (χ3n) is 3.33. The molecule has 0 saturated carbocycles. The molecule has 0 spiro atoms. The lowest BCUT2D eigenvalue weighted by Crippen LogP contribution is -2.37. The number of likely N-dealkylation sites (tertiary alicyclic amines) is 1. The summed E-state index contributed by atoms with van der Waals surface area (Å²) in [6.45, 7) is 2.17. The third-order valence-corrected chi connectivity index (χ3v) is 3.58. The van der Waals surface area contributed by atoms with Crippen molar-refractivity contribution < 1.29 is 4.79 Å². The van der Waals surface area contributed by atoms with Crippen LogP contribution in [0, 0.1) is 11.3 Å². The minimum Gasteiger partial charge on any atom is -0.361 e. The Morgan fingerprint density at radius 3 is 2.76 bits per heavy atom. The van der Waals surface area contributed by atoms with E-state index in [9.17, 15) is 4.79 Å². The van der Waals surface area contributed by atoms with E-state index in [1.165, 1.54) is 0 Å². The number of hydrogen-bond donors (Lipinski definition) is 2. The van der Waals surface area contributed by atoms with Gasteiger partial charge in [-0.25, -0.2) is 0 Å². The van der Waals surface area contributed by atoms with E-state index in [1.54, 1.807) is 0 Å². The fourth-order valence-corrected chi connectivity index (χ4v) is 2.44. The maximum atomic E-state index is 11.5. The molecule has 1 amide bonds. The van der Waals surface area contributed by atoms with Crippen molar-refractivity contribution in [3.8, 4) is 6.07 Å². The first-order chi connectivity index (χ1) is 10.2. The van der Waals surface area contributed by atoms with Crippen molar-refractivity contribution in [1.82, 2.24) is 10.2 Å². The quantitative estimate of drug-likeness (QED) is 0.810. The summed E-state index contributed by atoms with van der Waals surface area (Å²) < 4.78 is 0. The molecule has 21 heavy (non-hydrogen) atoms. The summed E-state index contributed by atoms with van der Waals surface area (Å²) in [4.78, 5) is 13.3. The van der Waals surface area contributed by atoms with Crippen molar-refractivity contribution in [1.29, 1.82) is 5.26 Å². The molecular formula is C15H18N4OS. The van der Waals surface area contributed by atoms with Crippen LogP contribution in [-0.2, 0) is 11.2 Å². The average Bonchev–Trinajstić information content (AvgIpc) is 2.87. The molecule has 1 aliphatic rings. The molecule has 0 unspecified atom stereocenters. The maximum absolute atomic E-state index is 11.5. The number of anilines is 1. The van der Waals surface area contributed by atoms with Crippen molar-refractivity contribution in [3.63, 3.8) is 0 Å². The van der Waals surface area contributed by atoms with E-state index >= 15 is 0 Å². The number of carbonyl (C=O) groups excluding carboxylic acids is 1. The molecule has 1 aliphatic heterocycles. The molecule has 1 fully saturated rings. The van der Waals surface area contributed by atoms with Crippen molar-refractivity contribution in [2.45, 2.75) is 19.3 Å². The molecular weight excluding hydrogens is 284 g/mol. The predicted molar refractivity (Wildman–Crippen MR) is 85.8 cm³/mol. The number of benzene rings is 1. The fourth-order valence-electron chi connectivity index (χ4n) is 2.22. The van der Waals surface area contributed by atoms with Gasteiger partial charge in [-0.2, -0.15) is 5.26 Å². The van der Waals surface area contributed by atoms with Crippen molar-refractivity contribution in [3.05, 3.63) is 29.8 Å². The molecule has 0 bridgehead atoms. The molecule has 1 aromatic rings. The van der Waals surface area contributed by atoms with E-state index in [1.807, 2.05) is 29.2 Å². The number of amides is 1. The predicted octanol–water partition coefficient (Wildman–Crippen LogP) is 1.66. The van der Waals surface area contributed by atoms with E-state index in [4.69, 9.17) is 17.5 Å². The number of nitrogens with zero attached hydrogens (tertiary/aromatic N) is 2. The molecule has 1 saturated heterocycles. The van der Waals surface area contributed by atoms with Gasteiger partial charge in [-0.3, -0.25) is 4.79 Å². The highest BCUT2D eigenvalue weighted by Crippen LogP contribution is 2.10. The zero-order valence-electron chi connectivity index (χ0n) is 11.8. The van der Waals surface area contributed by atoms with Crippen molar-refractivity contribution in [2.24, 2.45) is 0 Å². The Kier molecular flexibility index (Phi) is 5.52. The Morgan fingerprint density at radius 1 is 1.38 bits per heavy atom. The lowest BCUT2D eigenvalue weighted by Gasteiger charge is -2.17. The standard InChI is InChI=1S/C15H18N4OS/c16-8-7-12-3-5-13(6-4-12)18-15(21)17-9-11-19-10-1-2-14(19)20/h3-6H,1-2,7,9-11H2,(H2,17,18,21).